The van der Waals surface area contributed by atoms with Gasteiger partial charge in [-0.25, -0.2) is 22.0 Å². The van der Waals surface area contributed by atoms with Gasteiger partial charge in [-0.2, -0.15) is 0 Å². The van der Waals surface area contributed by atoms with E-state index in [2.05, 4.69) is 0 Å². The third kappa shape index (κ3) is 15.5. The lowest BCUT2D eigenvalue weighted by molar-refractivity contribution is -0.228. The second kappa shape index (κ2) is 29.3. The van der Waals surface area contributed by atoms with Gasteiger partial charge in [0.25, 0.3) is 5.79 Å². The normalized spacial score (nSPS) is 19.0. The molecule has 3 fully saturated rings. The van der Waals surface area contributed by atoms with Crippen molar-refractivity contribution in [1.29, 1.82) is 0 Å². The van der Waals surface area contributed by atoms with Gasteiger partial charge in [-0.05, 0) is 140 Å². The summed E-state index contributed by atoms with van der Waals surface area (Å²) in [6.45, 7) is 0.737. The first kappa shape index (κ1) is 61.0. The van der Waals surface area contributed by atoms with Crippen molar-refractivity contribution < 1.29 is 60.0 Å². The fourth-order valence-corrected chi connectivity index (χ4v) is 11.7. The molecular formula is C74H67F5O8. The number of Topliss-reactive ketones (excluding diaryl/α,β-unsaturated/α-hetero) is 2. The highest BCUT2D eigenvalue weighted by Crippen LogP contribution is 2.53. The zero-order valence-electron chi connectivity index (χ0n) is 48.2. The molecule has 8 aromatic rings. The van der Waals surface area contributed by atoms with Gasteiger partial charge in [-0.3, -0.25) is 14.4 Å². The van der Waals surface area contributed by atoms with Gasteiger partial charge >= 0.3 is 0 Å². The SMILES string of the molecule is Fc1cccc2c1OC13Oc4c(F)cccc4C[C@H]1CCC[C@@H]3C2.O=C1/C(=C/c2ccc(F)cc2OCc2ccccc2)CCC/C1=C\c1cccc(F)c1OCc1ccccc1.O=C1CCCCC1.O=Cc1cccc(F)c1OCc1ccccc1. The Morgan fingerprint density at radius 3 is 1.40 bits per heavy atom. The number of ether oxygens (including phenoxy) is 5. The maximum absolute atomic E-state index is 14.7. The molecule has 5 aliphatic rings. The Bertz CT molecular complexity index is 3660. The lowest BCUT2D eigenvalue weighted by Crippen LogP contribution is -2.61. The standard InChI is InChI=1S/C34H28F2O3.C20H18F2O2.C14H11FO2.C6H10O/c35-30-18-17-26(32(21-30)38-22-24-9-3-1-4-10-24)19-27-13-7-14-28(33(27)37)20-29-15-8-16-31(36)34(29)39-23-25-11-5-2-6-12-25;21-16-8-1-4-12-10-14-6-3-7-15-11-13-5-2-9-17(22)19(13)24-20(14,15)23-18(12)16;15-13-8-4-7-12(9-16)14(13)17-10-11-5-2-1-3-6-11;7-6-4-2-1-3-5-6/h1-6,8-12,15-21H,7,13-14,22-23H2;1-2,4-5,8-9,14-15H,3,6-7,10-11H2;1-9H,10H2;1-5H2/b27-19+,28-20+;;;/t;14-,15-,20?;;/m.1../s1. The molecule has 13 rings (SSSR count). The first-order valence-corrected chi connectivity index (χ1v) is 29.7. The van der Waals surface area contributed by atoms with Gasteiger partial charge in [0.2, 0.25) is 0 Å². The fourth-order valence-electron chi connectivity index (χ4n) is 11.7. The number of carbonyl (C=O) groups excluding carboxylic acids is 3. The lowest BCUT2D eigenvalue weighted by atomic mass is 9.68. The summed E-state index contributed by atoms with van der Waals surface area (Å²) in [4.78, 5) is 34.7. The maximum atomic E-state index is 14.7. The van der Waals surface area contributed by atoms with Crippen LogP contribution >= 0.6 is 0 Å². The topological polar surface area (TPSA) is 97.4 Å². The number of aldehydes is 1. The van der Waals surface area contributed by atoms with Gasteiger partial charge in [0.05, 0.1) is 5.56 Å². The van der Waals surface area contributed by atoms with E-state index in [0.29, 0.717) is 65.8 Å². The molecule has 0 N–H and O–H groups in total. The molecule has 1 spiro atoms. The number of halogens is 5. The monoisotopic (exact) mass is 1180 g/mol. The van der Waals surface area contributed by atoms with Crippen molar-refractivity contribution in [2.24, 2.45) is 11.8 Å². The summed E-state index contributed by atoms with van der Waals surface area (Å²) in [5.41, 5.74) is 7.13. The molecule has 8 nitrogen and oxygen atoms in total. The highest BCUT2D eigenvalue weighted by atomic mass is 19.1. The van der Waals surface area contributed by atoms with Gasteiger partial charge < -0.3 is 23.7 Å². The van der Waals surface area contributed by atoms with Crippen LogP contribution in [0.25, 0.3) is 12.2 Å². The van der Waals surface area contributed by atoms with Crippen LogP contribution in [0.3, 0.4) is 0 Å². The Hall–Kier alpha value is -9.10. The zero-order chi connectivity index (χ0) is 60.5. The van der Waals surface area contributed by atoms with Gasteiger partial charge in [0.15, 0.2) is 58.3 Å². The highest BCUT2D eigenvalue weighted by molar-refractivity contribution is 6.14. The van der Waals surface area contributed by atoms with Crippen LogP contribution in [0.4, 0.5) is 22.0 Å². The molecule has 0 radical (unpaired) electrons. The molecule has 2 aliphatic heterocycles. The second-order valence-corrected chi connectivity index (χ2v) is 22.2. The summed E-state index contributed by atoms with van der Waals surface area (Å²) < 4.78 is 100. The first-order valence-electron chi connectivity index (χ1n) is 29.7. The smallest absolute Gasteiger partial charge is 0.257 e. The van der Waals surface area contributed by atoms with E-state index < -0.39 is 23.2 Å². The van der Waals surface area contributed by atoms with Crippen LogP contribution in [-0.2, 0) is 42.3 Å². The van der Waals surface area contributed by atoms with Crippen molar-refractivity contribution in [3.8, 4) is 28.7 Å². The van der Waals surface area contributed by atoms with E-state index in [4.69, 9.17) is 23.7 Å². The van der Waals surface area contributed by atoms with Crippen molar-refractivity contribution in [3.05, 3.63) is 267 Å². The molecule has 3 aliphatic carbocycles. The van der Waals surface area contributed by atoms with Crippen LogP contribution < -0.4 is 23.7 Å². The highest BCUT2D eigenvalue weighted by Gasteiger charge is 2.57. The molecule has 8 aromatic carbocycles. The molecule has 3 saturated carbocycles. The first-order chi connectivity index (χ1) is 42.4. The van der Waals surface area contributed by atoms with Crippen molar-refractivity contribution in [2.45, 2.75) is 109 Å². The Morgan fingerprint density at radius 2 is 0.908 bits per heavy atom. The summed E-state index contributed by atoms with van der Waals surface area (Å²) in [5, 5.41) is 0. The summed E-state index contributed by atoms with van der Waals surface area (Å²) in [6.07, 6.45) is 15.7. The molecular weight excluding hydrogens is 1110 g/mol. The average Bonchev–Trinajstić information content (AvgIpc) is 0.967. The van der Waals surface area contributed by atoms with E-state index in [0.717, 1.165) is 79.2 Å². The summed E-state index contributed by atoms with van der Waals surface area (Å²) in [6, 6.07) is 51.9. The number of rotatable bonds is 12. The molecule has 0 amide bonds. The van der Waals surface area contributed by atoms with Crippen molar-refractivity contribution in [3.63, 3.8) is 0 Å². The van der Waals surface area contributed by atoms with E-state index >= 15 is 0 Å². The van der Waals surface area contributed by atoms with Crippen LogP contribution in [0.5, 0.6) is 28.7 Å². The minimum Gasteiger partial charge on any atom is -0.488 e. The van der Waals surface area contributed by atoms with Crippen molar-refractivity contribution in [1.82, 2.24) is 0 Å². The van der Waals surface area contributed by atoms with Crippen molar-refractivity contribution in [2.75, 3.05) is 0 Å². The van der Waals surface area contributed by atoms with Crippen LogP contribution in [0.1, 0.15) is 120 Å². The largest absolute Gasteiger partial charge is 0.488 e. The molecule has 87 heavy (non-hydrogen) atoms. The number of para-hydroxylation sites is 4. The number of hydrogen-bond donors (Lipinski definition) is 0. The molecule has 2 heterocycles. The van der Waals surface area contributed by atoms with E-state index in [1.54, 1.807) is 42.5 Å². The molecule has 446 valence electrons. The van der Waals surface area contributed by atoms with Crippen LogP contribution in [0.15, 0.2) is 193 Å². The number of carbonyl (C=O) groups is 3. The Labute approximate surface area is 504 Å². The molecule has 13 heteroatoms. The summed E-state index contributed by atoms with van der Waals surface area (Å²) in [7, 11) is 0. The third-order valence-corrected chi connectivity index (χ3v) is 16.1. The number of allylic oxidation sites excluding steroid dienone is 2. The molecule has 2 atom stereocenters. The van der Waals surface area contributed by atoms with E-state index in [-0.39, 0.29) is 77.6 Å². The van der Waals surface area contributed by atoms with E-state index in [9.17, 15) is 36.3 Å². The summed E-state index contributed by atoms with van der Waals surface area (Å²) in [5.74, 6) is -1.44. The summed E-state index contributed by atoms with van der Waals surface area (Å²) >= 11 is 0. The second-order valence-electron chi connectivity index (χ2n) is 22.2. The predicted octanol–water partition coefficient (Wildman–Crippen LogP) is 17.7. The average molecular weight is 1180 g/mol. The van der Waals surface area contributed by atoms with Gasteiger partial charge in [-0.15, -0.1) is 0 Å². The number of benzene rings is 8. The Morgan fingerprint density at radius 1 is 0.448 bits per heavy atom. The molecule has 0 bridgehead atoms. The number of fused-ring (bicyclic) bond motifs is 2. The lowest BCUT2D eigenvalue weighted by Gasteiger charge is -2.53. The van der Waals surface area contributed by atoms with Crippen LogP contribution in [0, 0.1) is 40.9 Å². The van der Waals surface area contributed by atoms with Crippen molar-refractivity contribution >= 4 is 30.0 Å². The van der Waals surface area contributed by atoms with Crippen LogP contribution in [-0.4, -0.2) is 23.6 Å². The molecule has 0 aromatic heterocycles. The molecule has 0 unspecified atom stereocenters. The zero-order valence-corrected chi connectivity index (χ0v) is 48.2. The third-order valence-electron chi connectivity index (χ3n) is 16.1. The fraction of sp³-hybridized carbons (Fsp3) is 0.257. The maximum Gasteiger partial charge on any atom is 0.257 e. The van der Waals surface area contributed by atoms with Gasteiger partial charge in [-0.1, -0.05) is 146 Å². The predicted molar refractivity (Wildman–Crippen MR) is 325 cm³/mol. The Balaban J connectivity index is 0.000000147. The quantitative estimate of drug-likeness (QED) is 0.0678. The minimum atomic E-state index is -0.942. The number of hydrogen-bond acceptors (Lipinski definition) is 8. The Kier molecular flexibility index (Phi) is 20.6. The van der Waals surface area contributed by atoms with E-state index in [1.807, 2.05) is 103 Å². The van der Waals surface area contributed by atoms with Crippen LogP contribution in [0.2, 0.25) is 0 Å². The number of ketones is 2. The van der Waals surface area contributed by atoms with Gasteiger partial charge in [0.1, 0.15) is 37.2 Å². The molecule has 0 saturated heterocycles. The van der Waals surface area contributed by atoms with E-state index in [1.165, 1.54) is 55.0 Å². The minimum absolute atomic E-state index is 0.00588. The van der Waals surface area contributed by atoms with Gasteiger partial charge in [0, 0.05) is 53.0 Å².